The zero-order valence-electron chi connectivity index (χ0n) is 20.0. The minimum absolute atomic E-state index is 0.0177. The first-order chi connectivity index (χ1) is 15.4. The van der Waals surface area contributed by atoms with E-state index in [0.29, 0.717) is 32.0 Å². The van der Waals surface area contributed by atoms with Crippen molar-refractivity contribution >= 4 is 5.97 Å². The number of fused-ring (bicyclic) bond motifs is 1. The van der Waals surface area contributed by atoms with E-state index in [9.17, 15) is 15.0 Å². The van der Waals surface area contributed by atoms with E-state index in [2.05, 4.69) is 0 Å². The average molecular weight is 453 g/mol. The average Bonchev–Trinajstić information content (AvgIpc) is 2.92. The molecule has 0 aromatic rings. The Hall–Kier alpha value is -0.950. The van der Waals surface area contributed by atoms with Crippen molar-refractivity contribution in [3.05, 3.63) is 12.2 Å². The quantitative estimate of drug-likeness (QED) is 0.382. The van der Waals surface area contributed by atoms with Crippen LogP contribution >= 0.6 is 0 Å². The first kappa shape index (κ1) is 25.7. The Kier molecular flexibility index (Phi) is 10.5. The summed E-state index contributed by atoms with van der Waals surface area (Å²) >= 11 is 0. The molecule has 1 heterocycles. The summed E-state index contributed by atoms with van der Waals surface area (Å²) in [5.74, 6) is 0.627. The molecule has 2 saturated carbocycles. The van der Waals surface area contributed by atoms with Crippen molar-refractivity contribution in [1.82, 2.24) is 0 Å². The molecule has 6 atom stereocenters. The van der Waals surface area contributed by atoms with Gasteiger partial charge in [0.15, 0.2) is 0 Å². The maximum absolute atomic E-state index is 11.7. The lowest BCUT2D eigenvalue weighted by Gasteiger charge is -2.23. The summed E-state index contributed by atoms with van der Waals surface area (Å²) in [5.41, 5.74) is 0. The highest BCUT2D eigenvalue weighted by atomic mass is 16.5. The van der Waals surface area contributed by atoms with E-state index in [0.717, 1.165) is 38.5 Å². The molecule has 1 saturated heterocycles. The number of hydrogen-bond acceptors (Lipinski definition) is 6. The van der Waals surface area contributed by atoms with Crippen molar-refractivity contribution in [3.63, 3.8) is 0 Å². The first-order valence-corrected chi connectivity index (χ1v) is 12.9. The molecule has 0 spiro atoms. The summed E-state index contributed by atoms with van der Waals surface area (Å²) in [6.45, 7) is 4.77. The molecule has 0 aromatic carbocycles. The Morgan fingerprint density at radius 2 is 1.94 bits per heavy atom. The number of rotatable bonds is 10. The number of carbonyl (C=O) groups is 1. The predicted molar refractivity (Wildman–Crippen MR) is 123 cm³/mol. The molecule has 3 aliphatic rings. The molecule has 0 bridgehead atoms. The van der Waals surface area contributed by atoms with Gasteiger partial charge in [0.05, 0.1) is 37.1 Å². The molecule has 6 heteroatoms. The summed E-state index contributed by atoms with van der Waals surface area (Å²) in [5, 5.41) is 21.0. The van der Waals surface area contributed by atoms with E-state index in [-0.39, 0.29) is 36.1 Å². The Balaban J connectivity index is 1.41. The number of aliphatic hydroxyl groups is 2. The van der Waals surface area contributed by atoms with E-state index in [1.807, 2.05) is 26.0 Å². The topological polar surface area (TPSA) is 85.2 Å². The number of esters is 1. The van der Waals surface area contributed by atoms with Gasteiger partial charge in [-0.25, -0.2) is 0 Å². The SMILES string of the molecule is CC(C)OC(=O)CCC[C@H]1CC[C@@H]2[C@@H](/C=C/[C@@H](O)COC3CCCCC3)[C@H](O)C[C@@H]2OC1. The van der Waals surface area contributed by atoms with Crippen LogP contribution in [0.15, 0.2) is 12.2 Å². The zero-order valence-corrected chi connectivity index (χ0v) is 20.0. The van der Waals surface area contributed by atoms with E-state index >= 15 is 0 Å². The van der Waals surface area contributed by atoms with Gasteiger partial charge in [-0.15, -0.1) is 0 Å². The molecular formula is C26H44O6. The maximum atomic E-state index is 11.7. The van der Waals surface area contributed by atoms with E-state index in [1.54, 1.807) is 0 Å². The van der Waals surface area contributed by atoms with Crippen LogP contribution in [0.4, 0.5) is 0 Å². The zero-order chi connectivity index (χ0) is 22.9. The van der Waals surface area contributed by atoms with Crippen molar-refractivity contribution < 1.29 is 29.2 Å². The summed E-state index contributed by atoms with van der Waals surface area (Å²) in [6, 6.07) is 0. The molecule has 2 aliphatic carbocycles. The van der Waals surface area contributed by atoms with Gasteiger partial charge < -0.3 is 24.4 Å². The molecule has 0 unspecified atom stereocenters. The molecule has 2 N–H and O–H groups in total. The summed E-state index contributed by atoms with van der Waals surface area (Å²) < 4.78 is 17.3. The van der Waals surface area contributed by atoms with Gasteiger partial charge in [0, 0.05) is 25.4 Å². The van der Waals surface area contributed by atoms with Crippen LogP contribution in [-0.4, -0.2) is 59.9 Å². The molecule has 0 radical (unpaired) electrons. The van der Waals surface area contributed by atoms with Crippen molar-refractivity contribution in [2.45, 2.75) is 115 Å². The van der Waals surface area contributed by atoms with Crippen LogP contribution in [0, 0.1) is 17.8 Å². The molecule has 0 amide bonds. The third-order valence-corrected chi connectivity index (χ3v) is 7.32. The molecule has 3 fully saturated rings. The highest BCUT2D eigenvalue weighted by Crippen LogP contribution is 2.42. The molecule has 0 aromatic heterocycles. The molecule has 184 valence electrons. The van der Waals surface area contributed by atoms with E-state index in [1.165, 1.54) is 19.3 Å². The van der Waals surface area contributed by atoms with Crippen LogP contribution in [0.2, 0.25) is 0 Å². The fourth-order valence-corrected chi connectivity index (χ4v) is 5.58. The minimum Gasteiger partial charge on any atom is -0.463 e. The third kappa shape index (κ3) is 8.12. The molecule has 1 aliphatic heterocycles. The van der Waals surface area contributed by atoms with Gasteiger partial charge >= 0.3 is 5.97 Å². The molecule has 6 nitrogen and oxygen atoms in total. The van der Waals surface area contributed by atoms with Gasteiger partial charge in [0.2, 0.25) is 0 Å². The Morgan fingerprint density at radius 3 is 2.69 bits per heavy atom. The Labute approximate surface area is 193 Å². The number of hydrogen-bond donors (Lipinski definition) is 2. The van der Waals surface area contributed by atoms with Crippen molar-refractivity contribution in [2.24, 2.45) is 17.8 Å². The Bertz CT molecular complexity index is 585. The second-order valence-corrected chi connectivity index (χ2v) is 10.3. The van der Waals surface area contributed by atoms with Crippen LogP contribution in [0.3, 0.4) is 0 Å². The van der Waals surface area contributed by atoms with Gasteiger partial charge in [0.25, 0.3) is 0 Å². The van der Waals surface area contributed by atoms with Crippen molar-refractivity contribution in [3.8, 4) is 0 Å². The van der Waals surface area contributed by atoms with Crippen LogP contribution in [-0.2, 0) is 19.0 Å². The van der Waals surface area contributed by atoms with Crippen LogP contribution in [0.5, 0.6) is 0 Å². The van der Waals surface area contributed by atoms with Crippen molar-refractivity contribution in [1.29, 1.82) is 0 Å². The van der Waals surface area contributed by atoms with Crippen LogP contribution in [0.1, 0.15) is 84.5 Å². The van der Waals surface area contributed by atoms with Gasteiger partial charge in [-0.2, -0.15) is 0 Å². The lowest BCUT2D eigenvalue weighted by atomic mass is 9.86. The van der Waals surface area contributed by atoms with Gasteiger partial charge in [-0.1, -0.05) is 31.4 Å². The normalized spacial score (nSPS) is 32.7. The highest BCUT2D eigenvalue weighted by molar-refractivity contribution is 5.69. The standard InChI is InChI=1S/C26H44O6/c1-18(2)32-26(29)10-6-7-19-11-13-23-22(24(28)15-25(23)31-16-19)14-12-20(27)17-30-21-8-4-3-5-9-21/h12,14,18-25,27-28H,3-11,13,15-17H2,1-2H3/b14-12+/t19-,20+,22+,23+,24+,25-/m0/s1. The predicted octanol–water partition coefficient (Wildman–Crippen LogP) is 4.17. The fraction of sp³-hybridized carbons (Fsp3) is 0.885. The third-order valence-electron chi connectivity index (χ3n) is 7.32. The second kappa shape index (κ2) is 13.1. The van der Waals surface area contributed by atoms with E-state index in [4.69, 9.17) is 14.2 Å². The summed E-state index contributed by atoms with van der Waals surface area (Å²) in [6.07, 6.45) is 13.9. The largest absolute Gasteiger partial charge is 0.463 e. The number of ether oxygens (including phenoxy) is 3. The second-order valence-electron chi connectivity index (χ2n) is 10.3. The highest BCUT2D eigenvalue weighted by Gasteiger charge is 2.43. The first-order valence-electron chi connectivity index (χ1n) is 12.9. The molecule has 3 rings (SSSR count). The van der Waals surface area contributed by atoms with Gasteiger partial charge in [-0.05, 0) is 64.2 Å². The van der Waals surface area contributed by atoms with Gasteiger partial charge in [-0.3, -0.25) is 4.79 Å². The smallest absolute Gasteiger partial charge is 0.306 e. The number of aliphatic hydroxyl groups excluding tert-OH is 2. The van der Waals surface area contributed by atoms with Crippen LogP contribution in [0.25, 0.3) is 0 Å². The molecule has 32 heavy (non-hydrogen) atoms. The minimum atomic E-state index is -0.631. The summed E-state index contributed by atoms with van der Waals surface area (Å²) in [4.78, 5) is 11.7. The lowest BCUT2D eigenvalue weighted by molar-refractivity contribution is -0.147. The maximum Gasteiger partial charge on any atom is 0.306 e. The fourth-order valence-electron chi connectivity index (χ4n) is 5.58. The lowest BCUT2D eigenvalue weighted by Crippen LogP contribution is -2.24. The Morgan fingerprint density at radius 1 is 1.16 bits per heavy atom. The van der Waals surface area contributed by atoms with Crippen molar-refractivity contribution in [2.75, 3.05) is 13.2 Å². The van der Waals surface area contributed by atoms with Gasteiger partial charge in [0.1, 0.15) is 0 Å². The summed E-state index contributed by atoms with van der Waals surface area (Å²) in [7, 11) is 0. The monoisotopic (exact) mass is 452 g/mol. The number of carbonyl (C=O) groups excluding carboxylic acids is 1. The van der Waals surface area contributed by atoms with E-state index < -0.39 is 12.2 Å². The van der Waals surface area contributed by atoms with Crippen LogP contribution < -0.4 is 0 Å². The molecular weight excluding hydrogens is 408 g/mol.